The van der Waals surface area contributed by atoms with E-state index in [-0.39, 0.29) is 34.3 Å². The van der Waals surface area contributed by atoms with Gasteiger partial charge in [-0.05, 0) is 19.1 Å². The van der Waals surface area contributed by atoms with Crippen LogP contribution in [0.2, 0.25) is 5.02 Å². The van der Waals surface area contributed by atoms with Crippen LogP contribution in [-0.2, 0) is 21.3 Å². The molecule has 1 aromatic heterocycles. The second-order valence-corrected chi connectivity index (χ2v) is 9.47. The first kappa shape index (κ1) is 21.1. The van der Waals surface area contributed by atoms with Crippen molar-refractivity contribution in [3.63, 3.8) is 0 Å². The Bertz CT molecular complexity index is 955. The lowest BCUT2D eigenvalue weighted by Crippen LogP contribution is -2.38. The summed E-state index contributed by atoms with van der Waals surface area (Å²) >= 11 is 7.71. The molecule has 1 saturated heterocycles. The maximum Gasteiger partial charge on any atom is 0.342 e. The topological polar surface area (TPSA) is 81.5 Å². The summed E-state index contributed by atoms with van der Waals surface area (Å²) in [6, 6.07) is 4.25. The second-order valence-electron chi connectivity index (χ2n) is 5.98. The molecular formula is C17H19ClFN3O4S2. The quantitative estimate of drug-likeness (QED) is 0.633. The number of esters is 1. The maximum absolute atomic E-state index is 14.1. The first-order valence-electron chi connectivity index (χ1n) is 8.60. The van der Waals surface area contributed by atoms with Crippen molar-refractivity contribution in [3.8, 4) is 0 Å². The van der Waals surface area contributed by atoms with Crippen LogP contribution in [0.1, 0.15) is 22.8 Å². The number of aromatic nitrogens is 2. The van der Waals surface area contributed by atoms with Gasteiger partial charge in [0.15, 0.2) is 0 Å². The third-order valence-electron chi connectivity index (χ3n) is 4.16. The van der Waals surface area contributed by atoms with Crippen LogP contribution < -0.4 is 0 Å². The van der Waals surface area contributed by atoms with E-state index in [1.807, 2.05) is 0 Å². The van der Waals surface area contributed by atoms with Crippen molar-refractivity contribution in [1.29, 1.82) is 0 Å². The van der Waals surface area contributed by atoms with E-state index in [4.69, 9.17) is 16.3 Å². The van der Waals surface area contributed by atoms with Crippen LogP contribution in [0.25, 0.3) is 0 Å². The molecule has 7 nitrogen and oxygen atoms in total. The molecule has 0 amide bonds. The number of benzene rings is 1. The number of halogens is 2. The van der Waals surface area contributed by atoms with Crippen molar-refractivity contribution in [2.75, 3.05) is 31.2 Å². The molecule has 1 aliphatic rings. The van der Waals surface area contributed by atoms with Crippen LogP contribution in [-0.4, -0.2) is 59.7 Å². The largest absolute Gasteiger partial charge is 0.462 e. The number of hydrogen-bond acceptors (Lipinski definition) is 6. The fourth-order valence-corrected chi connectivity index (χ4v) is 5.67. The van der Waals surface area contributed by atoms with Gasteiger partial charge in [-0.25, -0.2) is 17.6 Å². The summed E-state index contributed by atoms with van der Waals surface area (Å²) < 4.78 is 47.7. The van der Waals surface area contributed by atoms with Gasteiger partial charge in [0.1, 0.15) is 11.4 Å². The predicted octanol–water partition coefficient (Wildman–Crippen LogP) is 2.64. The average Bonchev–Trinajstić information content (AvgIpc) is 3.11. The minimum Gasteiger partial charge on any atom is -0.462 e. The molecule has 0 aliphatic carbocycles. The smallest absolute Gasteiger partial charge is 0.342 e. The summed E-state index contributed by atoms with van der Waals surface area (Å²) in [5.41, 5.74) is -0.0204. The number of nitrogens with zero attached hydrogens (tertiary/aromatic N) is 3. The number of carbonyl (C=O) groups is 1. The molecule has 0 saturated carbocycles. The Kier molecular flexibility index (Phi) is 6.64. The molecule has 0 spiro atoms. The zero-order chi connectivity index (χ0) is 20.3. The number of hydrogen-bond donors (Lipinski definition) is 0. The Morgan fingerprint density at radius 1 is 1.36 bits per heavy atom. The number of carbonyl (C=O) groups excluding carboxylic acids is 1. The van der Waals surface area contributed by atoms with Gasteiger partial charge in [0.25, 0.3) is 10.0 Å². The van der Waals surface area contributed by atoms with Crippen molar-refractivity contribution >= 4 is 39.4 Å². The SMILES string of the molecule is CCOC(=O)c1cn(Cc2c(F)cccc2Cl)nc1S(=O)(=O)N1CCSCC1. The molecule has 1 aromatic carbocycles. The van der Waals surface area contributed by atoms with E-state index in [1.165, 1.54) is 33.4 Å². The van der Waals surface area contributed by atoms with Crippen LogP contribution in [0.3, 0.4) is 0 Å². The first-order valence-corrected chi connectivity index (χ1v) is 11.6. The fraction of sp³-hybridized carbons (Fsp3) is 0.412. The number of sulfonamides is 1. The van der Waals surface area contributed by atoms with Gasteiger partial charge in [-0.2, -0.15) is 21.2 Å². The van der Waals surface area contributed by atoms with E-state index in [9.17, 15) is 17.6 Å². The highest BCUT2D eigenvalue weighted by atomic mass is 35.5. The molecule has 1 aliphatic heterocycles. The minimum atomic E-state index is -3.99. The molecule has 11 heteroatoms. The van der Waals surface area contributed by atoms with E-state index in [0.717, 1.165) is 0 Å². The van der Waals surface area contributed by atoms with Gasteiger partial charge in [0, 0.05) is 41.4 Å². The lowest BCUT2D eigenvalue weighted by atomic mass is 10.2. The van der Waals surface area contributed by atoms with Crippen molar-refractivity contribution in [2.45, 2.75) is 18.5 Å². The maximum atomic E-state index is 14.1. The Hall–Kier alpha value is -1.62. The van der Waals surface area contributed by atoms with Gasteiger partial charge in [-0.15, -0.1) is 0 Å². The van der Waals surface area contributed by atoms with Crippen LogP contribution in [0, 0.1) is 5.82 Å². The third-order valence-corrected chi connectivity index (χ3v) is 7.29. The molecule has 0 unspecified atom stereocenters. The van der Waals surface area contributed by atoms with Gasteiger partial charge in [0.05, 0.1) is 13.2 Å². The predicted molar refractivity (Wildman–Crippen MR) is 105 cm³/mol. The molecule has 0 radical (unpaired) electrons. The van der Waals surface area contributed by atoms with Crippen molar-refractivity contribution < 1.29 is 22.3 Å². The van der Waals surface area contributed by atoms with Crippen molar-refractivity contribution in [3.05, 3.63) is 46.4 Å². The molecule has 1 fully saturated rings. The molecule has 2 heterocycles. The van der Waals surface area contributed by atoms with Crippen LogP contribution >= 0.6 is 23.4 Å². The highest BCUT2D eigenvalue weighted by molar-refractivity contribution is 7.99. The number of thioether (sulfide) groups is 1. The number of rotatable bonds is 6. The summed E-state index contributed by atoms with van der Waals surface area (Å²) in [4.78, 5) is 12.3. The van der Waals surface area contributed by atoms with Crippen molar-refractivity contribution in [1.82, 2.24) is 14.1 Å². The Morgan fingerprint density at radius 2 is 2.07 bits per heavy atom. The van der Waals surface area contributed by atoms with E-state index in [0.29, 0.717) is 24.6 Å². The van der Waals surface area contributed by atoms with Crippen molar-refractivity contribution in [2.24, 2.45) is 0 Å². The van der Waals surface area contributed by atoms with Crippen LogP contribution in [0.15, 0.2) is 29.4 Å². The molecule has 2 aromatic rings. The minimum absolute atomic E-state index is 0.0863. The lowest BCUT2D eigenvalue weighted by molar-refractivity contribution is 0.0521. The highest BCUT2D eigenvalue weighted by Gasteiger charge is 2.34. The lowest BCUT2D eigenvalue weighted by Gasteiger charge is -2.24. The third kappa shape index (κ3) is 4.35. The normalized spacial score (nSPS) is 15.5. The molecule has 152 valence electrons. The highest BCUT2D eigenvalue weighted by Crippen LogP contribution is 2.25. The second kappa shape index (κ2) is 8.81. The number of ether oxygens (including phenoxy) is 1. The molecule has 0 N–H and O–H groups in total. The molecule has 28 heavy (non-hydrogen) atoms. The van der Waals surface area contributed by atoms with Crippen LogP contribution in [0.4, 0.5) is 4.39 Å². The summed E-state index contributed by atoms with van der Waals surface area (Å²) in [7, 11) is -3.99. The van der Waals surface area contributed by atoms with Gasteiger partial charge in [0.2, 0.25) is 5.03 Å². The average molecular weight is 448 g/mol. The zero-order valence-corrected chi connectivity index (χ0v) is 17.5. The van der Waals surface area contributed by atoms with Gasteiger partial charge in [-0.3, -0.25) is 4.68 Å². The van der Waals surface area contributed by atoms with Gasteiger partial charge < -0.3 is 4.74 Å². The van der Waals surface area contributed by atoms with Gasteiger partial charge >= 0.3 is 5.97 Å². The molecule has 3 rings (SSSR count). The zero-order valence-electron chi connectivity index (χ0n) is 15.1. The summed E-state index contributed by atoms with van der Waals surface area (Å²) in [5, 5.41) is 3.89. The van der Waals surface area contributed by atoms with E-state index in [2.05, 4.69) is 5.10 Å². The Labute approximate surface area is 171 Å². The summed E-state index contributed by atoms with van der Waals surface area (Å²) in [6.07, 6.45) is 1.26. The van der Waals surface area contributed by atoms with E-state index < -0.39 is 21.8 Å². The standard InChI is InChI=1S/C17H19ClFN3O4S2/c1-2-26-17(23)13-11-21(10-12-14(18)4-3-5-15(12)19)20-16(13)28(24,25)22-6-8-27-9-7-22/h3-5,11H,2,6-10H2,1H3. The molecule has 0 bridgehead atoms. The van der Waals surface area contributed by atoms with Crippen LogP contribution in [0.5, 0.6) is 0 Å². The van der Waals surface area contributed by atoms with Gasteiger partial charge in [-0.1, -0.05) is 17.7 Å². The molecule has 0 atom stereocenters. The fourth-order valence-electron chi connectivity index (χ4n) is 2.78. The monoisotopic (exact) mass is 447 g/mol. The Balaban J connectivity index is 2.02. The summed E-state index contributed by atoms with van der Waals surface area (Å²) in [6.45, 7) is 2.26. The summed E-state index contributed by atoms with van der Waals surface area (Å²) in [5.74, 6) is -0.00422. The first-order chi connectivity index (χ1) is 13.3. The Morgan fingerprint density at radius 3 is 2.71 bits per heavy atom. The molecular weight excluding hydrogens is 429 g/mol. The van der Waals surface area contributed by atoms with E-state index >= 15 is 0 Å². The van der Waals surface area contributed by atoms with E-state index in [1.54, 1.807) is 18.7 Å².